The molecule has 2 unspecified atom stereocenters. The standard InChI is InChI=1S/C21H24O8P/c1-12(20(22)18-16(28-5)10-13(25-2)11-17(18)29-6)30(24)21(23)19-14(26-3)8-7-9-15(19)27-4/h7-12H,1-6H3. The van der Waals surface area contributed by atoms with Crippen LogP contribution in [0.1, 0.15) is 27.6 Å². The van der Waals surface area contributed by atoms with E-state index >= 15 is 0 Å². The second kappa shape index (κ2) is 10.1. The number of Topliss-reactive ketones (excluding diaryl/α,β-unsaturated/α-hetero) is 1. The van der Waals surface area contributed by atoms with Crippen LogP contribution in [0.4, 0.5) is 0 Å². The highest BCUT2D eigenvalue weighted by molar-refractivity contribution is 7.66. The van der Waals surface area contributed by atoms with Gasteiger partial charge in [-0.15, -0.1) is 0 Å². The molecule has 0 aliphatic carbocycles. The van der Waals surface area contributed by atoms with Crippen LogP contribution in [0.25, 0.3) is 0 Å². The smallest absolute Gasteiger partial charge is 0.250 e. The lowest BCUT2D eigenvalue weighted by Crippen LogP contribution is -2.18. The molecule has 2 aromatic carbocycles. The van der Waals surface area contributed by atoms with Gasteiger partial charge in [0.25, 0.3) is 0 Å². The van der Waals surface area contributed by atoms with E-state index in [9.17, 15) is 14.2 Å². The van der Waals surface area contributed by atoms with Gasteiger partial charge in [-0.3, -0.25) is 14.2 Å². The molecule has 8 nitrogen and oxygen atoms in total. The van der Waals surface area contributed by atoms with Gasteiger partial charge in [-0.25, -0.2) is 0 Å². The zero-order valence-electron chi connectivity index (χ0n) is 17.7. The van der Waals surface area contributed by atoms with Gasteiger partial charge in [0.05, 0.1) is 41.2 Å². The fraction of sp³-hybridized carbons (Fsp3) is 0.333. The van der Waals surface area contributed by atoms with Crippen LogP contribution in [0.3, 0.4) is 0 Å². The van der Waals surface area contributed by atoms with E-state index in [0.717, 1.165) is 0 Å². The van der Waals surface area contributed by atoms with E-state index < -0.39 is 24.8 Å². The van der Waals surface area contributed by atoms with Crippen molar-refractivity contribution in [1.29, 1.82) is 0 Å². The van der Waals surface area contributed by atoms with E-state index in [0.29, 0.717) is 5.75 Å². The van der Waals surface area contributed by atoms with Gasteiger partial charge in [-0.05, 0) is 19.1 Å². The average Bonchev–Trinajstić information content (AvgIpc) is 2.80. The van der Waals surface area contributed by atoms with Crippen LogP contribution in [-0.4, -0.2) is 52.5 Å². The summed E-state index contributed by atoms with van der Waals surface area (Å²) in [5, 5.41) is 0. The van der Waals surface area contributed by atoms with Gasteiger partial charge in [0.1, 0.15) is 39.9 Å². The number of carbonyl (C=O) groups excluding carboxylic acids is 2. The van der Waals surface area contributed by atoms with Crippen molar-refractivity contribution < 1.29 is 37.8 Å². The molecule has 0 spiro atoms. The van der Waals surface area contributed by atoms with Crippen molar-refractivity contribution in [3.05, 3.63) is 41.5 Å². The van der Waals surface area contributed by atoms with Crippen molar-refractivity contribution >= 4 is 19.1 Å². The predicted molar refractivity (Wildman–Crippen MR) is 111 cm³/mol. The molecule has 2 atom stereocenters. The van der Waals surface area contributed by atoms with Crippen molar-refractivity contribution in [2.45, 2.75) is 12.6 Å². The van der Waals surface area contributed by atoms with E-state index in [4.69, 9.17) is 23.7 Å². The Hall–Kier alpha value is -3.12. The normalized spacial score (nSPS) is 11.9. The third-order valence-electron chi connectivity index (χ3n) is 4.53. The summed E-state index contributed by atoms with van der Waals surface area (Å²) in [5.41, 5.74) is -1.79. The minimum atomic E-state index is -2.67. The average molecular weight is 435 g/mol. The fourth-order valence-electron chi connectivity index (χ4n) is 2.91. The zero-order valence-corrected chi connectivity index (χ0v) is 18.6. The third-order valence-corrected chi connectivity index (χ3v) is 6.10. The number of methoxy groups -OCH3 is 5. The zero-order chi connectivity index (χ0) is 22.4. The Morgan fingerprint density at radius 1 is 0.767 bits per heavy atom. The first-order valence-corrected chi connectivity index (χ1v) is 10.2. The maximum Gasteiger partial charge on any atom is 0.250 e. The molecule has 0 saturated heterocycles. The van der Waals surface area contributed by atoms with Crippen LogP contribution < -0.4 is 23.7 Å². The number of hydrogen-bond acceptors (Lipinski definition) is 8. The molecular formula is C21H24O8P. The molecule has 9 heteroatoms. The first-order valence-electron chi connectivity index (χ1n) is 8.90. The minimum Gasteiger partial charge on any atom is -0.496 e. The Kier molecular flexibility index (Phi) is 7.78. The van der Waals surface area contributed by atoms with Crippen molar-refractivity contribution in [2.75, 3.05) is 35.5 Å². The quantitative estimate of drug-likeness (QED) is 0.409. The molecule has 0 bridgehead atoms. The number of ketones is 1. The SMILES string of the molecule is COc1cc(OC)c(C(=O)C(C)[P](=O)C(=O)c2c(OC)cccc2OC)c(OC)c1. The van der Waals surface area contributed by atoms with Crippen molar-refractivity contribution in [2.24, 2.45) is 0 Å². The van der Waals surface area contributed by atoms with Gasteiger partial charge in [-0.1, -0.05) is 6.07 Å². The minimum absolute atomic E-state index is 0.0249. The first-order chi connectivity index (χ1) is 14.3. The molecule has 0 heterocycles. The lowest BCUT2D eigenvalue weighted by molar-refractivity contribution is 0.0976. The maximum atomic E-state index is 13.2. The van der Waals surface area contributed by atoms with E-state index in [1.54, 1.807) is 18.2 Å². The summed E-state index contributed by atoms with van der Waals surface area (Å²) < 4.78 is 39.3. The molecule has 0 aliphatic heterocycles. The lowest BCUT2D eigenvalue weighted by atomic mass is 10.1. The number of ether oxygens (including phenoxy) is 5. The Morgan fingerprint density at radius 2 is 1.23 bits per heavy atom. The lowest BCUT2D eigenvalue weighted by Gasteiger charge is -2.17. The summed E-state index contributed by atoms with van der Waals surface area (Å²) in [6, 6.07) is 7.78. The van der Waals surface area contributed by atoms with Crippen molar-refractivity contribution in [1.82, 2.24) is 0 Å². The highest BCUT2D eigenvalue weighted by Gasteiger charge is 2.34. The molecule has 0 amide bonds. The maximum absolute atomic E-state index is 13.2. The van der Waals surface area contributed by atoms with Crippen LogP contribution in [-0.2, 0) is 4.57 Å². The second-order valence-electron chi connectivity index (χ2n) is 6.12. The summed E-state index contributed by atoms with van der Waals surface area (Å²) in [5.74, 6) is 0.660. The monoisotopic (exact) mass is 435 g/mol. The van der Waals surface area contributed by atoms with Crippen LogP contribution in [0.15, 0.2) is 30.3 Å². The topological polar surface area (TPSA) is 97.4 Å². The van der Waals surface area contributed by atoms with E-state index in [2.05, 4.69) is 0 Å². The summed E-state index contributed by atoms with van der Waals surface area (Å²) in [6.07, 6.45) is 0. The molecular weight excluding hydrogens is 411 g/mol. The molecule has 0 fully saturated rings. The molecule has 0 N–H and O–H groups in total. The number of rotatable bonds is 10. The molecule has 0 aromatic heterocycles. The van der Waals surface area contributed by atoms with Crippen LogP contribution >= 0.6 is 7.80 Å². The molecule has 0 aliphatic rings. The number of benzene rings is 2. The summed E-state index contributed by atoms with van der Waals surface area (Å²) in [4.78, 5) is 26.2. The molecule has 2 aromatic rings. The van der Waals surface area contributed by atoms with Gasteiger partial charge in [0.15, 0.2) is 13.6 Å². The van der Waals surface area contributed by atoms with Crippen molar-refractivity contribution in [3.8, 4) is 28.7 Å². The van der Waals surface area contributed by atoms with Gasteiger partial charge < -0.3 is 23.7 Å². The molecule has 30 heavy (non-hydrogen) atoms. The summed E-state index contributed by atoms with van der Waals surface area (Å²) >= 11 is 0. The highest BCUT2D eigenvalue weighted by atomic mass is 31.1. The van der Waals surface area contributed by atoms with Crippen LogP contribution in [0.2, 0.25) is 0 Å². The van der Waals surface area contributed by atoms with Crippen LogP contribution in [0.5, 0.6) is 28.7 Å². The van der Waals surface area contributed by atoms with E-state index in [-0.39, 0.29) is 34.1 Å². The van der Waals surface area contributed by atoms with Gasteiger partial charge in [0, 0.05) is 12.1 Å². The third kappa shape index (κ3) is 4.39. The van der Waals surface area contributed by atoms with Crippen LogP contribution in [0, 0.1) is 0 Å². The molecule has 2 rings (SSSR count). The summed E-state index contributed by atoms with van der Waals surface area (Å²) in [7, 11) is 4.35. The van der Waals surface area contributed by atoms with E-state index in [1.165, 1.54) is 54.6 Å². The van der Waals surface area contributed by atoms with Gasteiger partial charge >= 0.3 is 0 Å². The highest BCUT2D eigenvalue weighted by Crippen LogP contribution is 2.43. The largest absolute Gasteiger partial charge is 0.496 e. The second-order valence-corrected chi connectivity index (χ2v) is 7.95. The number of carbonyl (C=O) groups is 2. The van der Waals surface area contributed by atoms with Gasteiger partial charge in [0.2, 0.25) is 5.52 Å². The predicted octanol–water partition coefficient (Wildman–Crippen LogP) is 3.97. The molecule has 0 saturated carbocycles. The Balaban J connectivity index is 2.47. The summed E-state index contributed by atoms with van der Waals surface area (Å²) in [6.45, 7) is 1.42. The Labute approximate surface area is 175 Å². The first kappa shape index (κ1) is 23.2. The Morgan fingerprint density at radius 3 is 1.63 bits per heavy atom. The van der Waals surface area contributed by atoms with Gasteiger partial charge in [-0.2, -0.15) is 0 Å². The Bertz CT molecular complexity index is 922. The number of hydrogen-bond donors (Lipinski definition) is 0. The molecule has 161 valence electrons. The van der Waals surface area contributed by atoms with Crippen molar-refractivity contribution in [3.63, 3.8) is 0 Å². The van der Waals surface area contributed by atoms with E-state index in [1.807, 2.05) is 0 Å². The molecule has 1 radical (unpaired) electrons. The fourth-order valence-corrected chi connectivity index (χ4v) is 4.05.